The molecule has 0 atom stereocenters. The van der Waals surface area contributed by atoms with E-state index in [-0.39, 0.29) is 11.3 Å². The van der Waals surface area contributed by atoms with Crippen LogP contribution in [0.15, 0.2) is 59.4 Å². The number of rotatable bonds is 10. The molecule has 0 aliphatic rings. The number of para-hydroxylation sites is 1. The van der Waals surface area contributed by atoms with E-state index in [1.165, 1.54) is 4.68 Å². The fourth-order valence-electron chi connectivity index (χ4n) is 4.24. The van der Waals surface area contributed by atoms with Crippen LogP contribution in [0.2, 0.25) is 0 Å². The van der Waals surface area contributed by atoms with Crippen LogP contribution in [0, 0.1) is 13.8 Å². The summed E-state index contributed by atoms with van der Waals surface area (Å²) in [6, 6.07) is 16.4. The van der Waals surface area contributed by atoms with Gasteiger partial charge in [0.05, 0.1) is 28.1 Å². The standard InChI is InChI=1S/C28H31N5O4/c1-4-5-6-12-17-32-27(35)23-16-11-10-15-22(23)26(31-32)28(36)37-18-24(34)29-25-19(2)30-33(20(25)3)21-13-8-7-9-14-21/h7-11,13-16H,4-6,12,17-18H2,1-3H3,(H,29,34). The largest absolute Gasteiger partial charge is 0.451 e. The number of unbranched alkanes of at least 4 members (excludes halogenated alkanes) is 3. The van der Waals surface area contributed by atoms with Crippen molar-refractivity contribution in [2.75, 3.05) is 11.9 Å². The lowest BCUT2D eigenvalue weighted by Crippen LogP contribution is -2.28. The number of nitrogens with zero attached hydrogens (tertiary/aromatic N) is 4. The Kier molecular flexibility index (Phi) is 8.12. The van der Waals surface area contributed by atoms with Crippen LogP contribution < -0.4 is 10.9 Å². The normalized spacial score (nSPS) is 11.0. The van der Waals surface area contributed by atoms with Gasteiger partial charge in [0, 0.05) is 11.9 Å². The van der Waals surface area contributed by atoms with E-state index in [1.54, 1.807) is 35.9 Å². The summed E-state index contributed by atoms with van der Waals surface area (Å²) in [4.78, 5) is 38.5. The molecule has 0 fully saturated rings. The first-order valence-corrected chi connectivity index (χ1v) is 12.5. The Morgan fingerprint density at radius 2 is 1.62 bits per heavy atom. The fraction of sp³-hybridized carbons (Fsp3) is 0.321. The Labute approximate surface area is 215 Å². The molecule has 2 aromatic heterocycles. The molecule has 0 bridgehead atoms. The van der Waals surface area contributed by atoms with E-state index in [0.29, 0.717) is 28.7 Å². The lowest BCUT2D eigenvalue weighted by molar-refractivity contribution is -0.119. The van der Waals surface area contributed by atoms with Crippen LogP contribution in [0.3, 0.4) is 0 Å². The second-order valence-electron chi connectivity index (χ2n) is 8.90. The van der Waals surface area contributed by atoms with E-state index in [2.05, 4.69) is 22.4 Å². The maximum atomic E-state index is 13.0. The first-order valence-electron chi connectivity index (χ1n) is 12.5. The molecule has 9 heteroatoms. The van der Waals surface area contributed by atoms with Gasteiger partial charge in [0.2, 0.25) is 0 Å². The van der Waals surface area contributed by atoms with Crippen LogP contribution in [0.4, 0.5) is 5.69 Å². The van der Waals surface area contributed by atoms with Crippen molar-refractivity contribution in [2.45, 2.75) is 53.0 Å². The molecule has 37 heavy (non-hydrogen) atoms. The van der Waals surface area contributed by atoms with Crippen LogP contribution in [-0.4, -0.2) is 38.0 Å². The van der Waals surface area contributed by atoms with E-state index in [4.69, 9.17) is 4.74 Å². The van der Waals surface area contributed by atoms with Gasteiger partial charge in [-0.25, -0.2) is 14.2 Å². The van der Waals surface area contributed by atoms with E-state index >= 15 is 0 Å². The SMILES string of the molecule is CCCCCCn1nc(C(=O)OCC(=O)Nc2c(C)nn(-c3ccccc3)c2C)c2ccccc2c1=O. The van der Waals surface area contributed by atoms with Crippen LogP contribution >= 0.6 is 0 Å². The molecular formula is C28H31N5O4. The molecule has 0 saturated heterocycles. The molecule has 4 aromatic rings. The minimum atomic E-state index is -0.762. The highest BCUT2D eigenvalue weighted by Gasteiger charge is 2.20. The third-order valence-corrected chi connectivity index (χ3v) is 6.18. The molecule has 9 nitrogen and oxygen atoms in total. The van der Waals surface area contributed by atoms with Crippen molar-refractivity contribution in [1.29, 1.82) is 0 Å². The van der Waals surface area contributed by atoms with Gasteiger partial charge < -0.3 is 10.1 Å². The quantitative estimate of drug-likeness (QED) is 0.252. The van der Waals surface area contributed by atoms with Crippen molar-refractivity contribution >= 4 is 28.3 Å². The molecule has 0 radical (unpaired) electrons. The summed E-state index contributed by atoms with van der Waals surface area (Å²) in [5.41, 5.74) is 2.60. The first kappa shape index (κ1) is 25.8. The zero-order valence-corrected chi connectivity index (χ0v) is 21.4. The Morgan fingerprint density at radius 1 is 0.919 bits per heavy atom. The van der Waals surface area contributed by atoms with Gasteiger partial charge in [-0.05, 0) is 38.5 Å². The number of hydrogen-bond donors (Lipinski definition) is 1. The van der Waals surface area contributed by atoms with Gasteiger partial charge in [0.1, 0.15) is 0 Å². The summed E-state index contributed by atoms with van der Waals surface area (Å²) in [7, 11) is 0. The van der Waals surface area contributed by atoms with Crippen LogP contribution in [0.25, 0.3) is 16.5 Å². The molecule has 2 heterocycles. The number of fused-ring (bicyclic) bond motifs is 1. The number of hydrogen-bond acceptors (Lipinski definition) is 6. The molecular weight excluding hydrogens is 470 g/mol. The second-order valence-corrected chi connectivity index (χ2v) is 8.90. The molecule has 1 N–H and O–H groups in total. The summed E-state index contributed by atoms with van der Waals surface area (Å²) in [5, 5.41) is 12.4. The third-order valence-electron chi connectivity index (χ3n) is 6.18. The minimum absolute atomic E-state index is 0.0164. The number of aromatic nitrogens is 4. The Bertz CT molecular complexity index is 1470. The molecule has 1 amide bonds. The van der Waals surface area contributed by atoms with Crippen molar-refractivity contribution in [1.82, 2.24) is 19.6 Å². The molecule has 0 aliphatic heterocycles. The van der Waals surface area contributed by atoms with E-state index in [9.17, 15) is 14.4 Å². The average Bonchev–Trinajstić information content (AvgIpc) is 3.19. The number of benzene rings is 2. The molecule has 0 aliphatic carbocycles. The number of amides is 1. The maximum absolute atomic E-state index is 13.0. The monoisotopic (exact) mass is 501 g/mol. The molecule has 0 saturated carbocycles. The summed E-state index contributed by atoms with van der Waals surface area (Å²) in [6.07, 6.45) is 3.89. The summed E-state index contributed by atoms with van der Waals surface area (Å²) >= 11 is 0. The van der Waals surface area contributed by atoms with Crippen LogP contribution in [-0.2, 0) is 16.1 Å². The highest BCUT2D eigenvalue weighted by atomic mass is 16.5. The molecule has 4 rings (SSSR count). The zero-order valence-electron chi connectivity index (χ0n) is 21.4. The summed E-state index contributed by atoms with van der Waals surface area (Å²) in [6.45, 7) is 5.68. The highest BCUT2D eigenvalue weighted by molar-refractivity contribution is 6.03. The van der Waals surface area contributed by atoms with Crippen molar-refractivity contribution in [3.8, 4) is 5.69 Å². The predicted molar refractivity (Wildman–Crippen MR) is 142 cm³/mol. The smallest absolute Gasteiger partial charge is 0.359 e. The van der Waals surface area contributed by atoms with E-state index < -0.39 is 18.5 Å². The number of nitrogens with one attached hydrogen (secondary N) is 1. The van der Waals surface area contributed by atoms with Gasteiger partial charge >= 0.3 is 5.97 Å². The lowest BCUT2D eigenvalue weighted by Gasteiger charge is -2.11. The van der Waals surface area contributed by atoms with Gasteiger partial charge in [-0.1, -0.05) is 62.6 Å². The first-order chi connectivity index (χ1) is 17.9. The highest BCUT2D eigenvalue weighted by Crippen LogP contribution is 2.23. The van der Waals surface area contributed by atoms with Gasteiger partial charge in [-0.3, -0.25) is 9.59 Å². The predicted octanol–water partition coefficient (Wildman–Crippen LogP) is 4.57. The zero-order chi connectivity index (χ0) is 26.4. The Hall–Kier alpha value is -4.27. The van der Waals surface area contributed by atoms with E-state index in [1.807, 2.05) is 37.3 Å². The maximum Gasteiger partial charge on any atom is 0.359 e. The van der Waals surface area contributed by atoms with Crippen LogP contribution in [0.1, 0.15) is 54.5 Å². The van der Waals surface area contributed by atoms with Gasteiger partial charge in [-0.2, -0.15) is 10.2 Å². The van der Waals surface area contributed by atoms with Gasteiger partial charge in [0.15, 0.2) is 12.3 Å². The van der Waals surface area contributed by atoms with Gasteiger partial charge in [0.25, 0.3) is 11.5 Å². The number of carbonyl (C=O) groups excluding carboxylic acids is 2. The summed E-state index contributed by atoms with van der Waals surface area (Å²) in [5.74, 6) is -1.26. The third kappa shape index (κ3) is 5.77. The van der Waals surface area contributed by atoms with Crippen molar-refractivity contribution in [2.24, 2.45) is 0 Å². The van der Waals surface area contributed by atoms with E-state index in [0.717, 1.165) is 37.1 Å². The molecule has 0 spiro atoms. The number of ether oxygens (including phenoxy) is 1. The average molecular weight is 502 g/mol. The summed E-state index contributed by atoms with van der Waals surface area (Å²) < 4.78 is 8.39. The Balaban J connectivity index is 1.48. The van der Waals surface area contributed by atoms with Crippen LogP contribution in [0.5, 0.6) is 0 Å². The topological polar surface area (TPSA) is 108 Å². The second kappa shape index (κ2) is 11.6. The number of aryl methyl sites for hydroxylation is 2. The number of esters is 1. The van der Waals surface area contributed by atoms with Crippen molar-refractivity contribution in [3.63, 3.8) is 0 Å². The minimum Gasteiger partial charge on any atom is -0.451 e. The lowest BCUT2D eigenvalue weighted by atomic mass is 10.1. The van der Waals surface area contributed by atoms with Gasteiger partial charge in [-0.15, -0.1) is 0 Å². The molecule has 2 aromatic carbocycles. The number of anilines is 1. The molecule has 192 valence electrons. The van der Waals surface area contributed by atoms with Crippen molar-refractivity contribution < 1.29 is 14.3 Å². The number of carbonyl (C=O) groups is 2. The molecule has 0 unspecified atom stereocenters. The fourth-order valence-corrected chi connectivity index (χ4v) is 4.24. The van der Waals surface area contributed by atoms with Crippen molar-refractivity contribution in [3.05, 3.63) is 82.0 Å². The Morgan fingerprint density at radius 3 is 2.35 bits per heavy atom.